The van der Waals surface area contributed by atoms with Gasteiger partial charge in [-0.1, -0.05) is 20.8 Å². The van der Waals surface area contributed by atoms with Crippen LogP contribution in [0.15, 0.2) is 36.7 Å². The average molecular weight is 356 g/mol. The molecule has 3 rings (SSSR count). The Kier molecular flexibility index (Phi) is 4.32. The Labute approximate surface area is 149 Å². The van der Waals surface area contributed by atoms with E-state index in [2.05, 4.69) is 48.8 Å². The molecule has 132 valence electrons. The fourth-order valence-electron chi connectivity index (χ4n) is 2.36. The van der Waals surface area contributed by atoms with Crippen molar-refractivity contribution >= 4 is 19.5 Å². The molecule has 0 aliphatic rings. The molecule has 0 amide bonds. The van der Waals surface area contributed by atoms with Gasteiger partial charge in [0.05, 0.1) is 7.11 Å². The van der Waals surface area contributed by atoms with Gasteiger partial charge in [-0.15, -0.1) is 0 Å². The van der Waals surface area contributed by atoms with E-state index in [-0.39, 0.29) is 5.04 Å². The first-order valence-corrected chi connectivity index (χ1v) is 11.3. The maximum atomic E-state index is 6.49. The number of ether oxygens (including phenoxy) is 1. The van der Waals surface area contributed by atoms with Gasteiger partial charge in [0.2, 0.25) is 0 Å². The molecular weight excluding hydrogens is 330 g/mol. The lowest BCUT2D eigenvalue weighted by molar-refractivity contribution is 0.386. The Hall–Kier alpha value is -2.34. The maximum Gasteiger partial charge on any atom is 0.250 e. The first-order valence-electron chi connectivity index (χ1n) is 8.38. The van der Waals surface area contributed by atoms with Gasteiger partial charge in [0.15, 0.2) is 11.4 Å². The van der Waals surface area contributed by atoms with E-state index in [1.54, 1.807) is 19.5 Å². The molecule has 6 heteroatoms. The molecule has 0 saturated heterocycles. The number of aromatic amines is 1. The van der Waals surface area contributed by atoms with Crippen molar-refractivity contribution in [1.29, 1.82) is 0 Å². The first kappa shape index (κ1) is 17.5. The van der Waals surface area contributed by atoms with E-state index in [9.17, 15) is 0 Å². The number of H-pyrrole nitrogens is 1. The SMILES string of the molecule is COc1ccc(-c2cc3nccnc3[nH]2)cc1O[Si](C)(C)C(C)(C)C. The summed E-state index contributed by atoms with van der Waals surface area (Å²) in [5.41, 5.74) is 3.61. The molecule has 25 heavy (non-hydrogen) atoms. The van der Waals surface area contributed by atoms with Gasteiger partial charge in [0, 0.05) is 23.7 Å². The van der Waals surface area contributed by atoms with Crippen LogP contribution in [0.25, 0.3) is 22.4 Å². The van der Waals surface area contributed by atoms with Crippen LogP contribution in [0.2, 0.25) is 18.1 Å². The smallest absolute Gasteiger partial charge is 0.250 e. The van der Waals surface area contributed by atoms with Gasteiger partial charge in [0.1, 0.15) is 11.3 Å². The highest BCUT2D eigenvalue weighted by Crippen LogP contribution is 2.41. The summed E-state index contributed by atoms with van der Waals surface area (Å²) in [5.74, 6) is 1.53. The Morgan fingerprint density at radius 1 is 1.00 bits per heavy atom. The molecule has 1 N–H and O–H groups in total. The molecule has 5 nitrogen and oxygen atoms in total. The first-order chi connectivity index (χ1) is 11.7. The fraction of sp³-hybridized carbons (Fsp3) is 0.368. The number of hydrogen-bond donors (Lipinski definition) is 1. The zero-order valence-electron chi connectivity index (χ0n) is 15.7. The highest BCUT2D eigenvalue weighted by atomic mass is 28.4. The number of methoxy groups -OCH3 is 1. The van der Waals surface area contributed by atoms with Crippen molar-refractivity contribution in [2.24, 2.45) is 0 Å². The van der Waals surface area contributed by atoms with Crippen LogP contribution in [0.1, 0.15) is 20.8 Å². The van der Waals surface area contributed by atoms with E-state index in [1.165, 1.54) is 0 Å². The van der Waals surface area contributed by atoms with Gasteiger partial charge in [-0.3, -0.25) is 4.98 Å². The van der Waals surface area contributed by atoms with Crippen molar-refractivity contribution in [3.63, 3.8) is 0 Å². The number of fused-ring (bicyclic) bond motifs is 1. The third-order valence-corrected chi connectivity index (χ3v) is 9.25. The van der Waals surface area contributed by atoms with Crippen LogP contribution in [0.5, 0.6) is 11.5 Å². The Balaban J connectivity index is 2.03. The van der Waals surface area contributed by atoms with Crippen LogP contribution in [-0.4, -0.2) is 30.4 Å². The van der Waals surface area contributed by atoms with Crippen molar-refractivity contribution in [1.82, 2.24) is 15.0 Å². The second kappa shape index (κ2) is 6.18. The molecule has 0 fully saturated rings. The molecule has 0 aliphatic heterocycles. The number of aromatic nitrogens is 3. The lowest BCUT2D eigenvalue weighted by Crippen LogP contribution is -2.43. The fourth-order valence-corrected chi connectivity index (χ4v) is 3.37. The Morgan fingerprint density at radius 3 is 2.36 bits per heavy atom. The molecule has 0 atom stereocenters. The van der Waals surface area contributed by atoms with Gasteiger partial charge < -0.3 is 14.1 Å². The number of hydrogen-bond acceptors (Lipinski definition) is 4. The van der Waals surface area contributed by atoms with E-state index in [0.29, 0.717) is 0 Å². The van der Waals surface area contributed by atoms with Crippen molar-refractivity contribution in [2.75, 3.05) is 7.11 Å². The minimum absolute atomic E-state index is 0.114. The molecule has 0 bridgehead atoms. The van der Waals surface area contributed by atoms with Crippen molar-refractivity contribution in [3.05, 3.63) is 36.7 Å². The van der Waals surface area contributed by atoms with Crippen LogP contribution < -0.4 is 9.16 Å². The Morgan fingerprint density at radius 2 is 1.72 bits per heavy atom. The molecule has 0 aliphatic carbocycles. The summed E-state index contributed by atoms with van der Waals surface area (Å²) in [4.78, 5) is 12.0. The van der Waals surface area contributed by atoms with Crippen LogP contribution >= 0.6 is 0 Å². The summed E-state index contributed by atoms with van der Waals surface area (Å²) in [7, 11) is -0.293. The lowest BCUT2D eigenvalue weighted by Gasteiger charge is -2.36. The van der Waals surface area contributed by atoms with Crippen LogP contribution in [0, 0.1) is 0 Å². The minimum Gasteiger partial charge on any atom is -0.541 e. The summed E-state index contributed by atoms with van der Waals surface area (Å²) in [6, 6.07) is 8.00. The highest BCUT2D eigenvalue weighted by molar-refractivity contribution is 6.74. The van der Waals surface area contributed by atoms with E-state index in [0.717, 1.165) is 33.9 Å². The maximum absolute atomic E-state index is 6.49. The zero-order valence-corrected chi connectivity index (χ0v) is 16.7. The highest BCUT2D eigenvalue weighted by Gasteiger charge is 2.39. The third kappa shape index (κ3) is 3.39. The predicted molar refractivity (Wildman–Crippen MR) is 104 cm³/mol. The van der Waals surface area contributed by atoms with E-state index < -0.39 is 8.32 Å². The normalized spacial score (nSPS) is 12.4. The quantitative estimate of drug-likeness (QED) is 0.668. The van der Waals surface area contributed by atoms with Crippen molar-refractivity contribution in [3.8, 4) is 22.8 Å². The molecule has 3 aromatic rings. The second-order valence-corrected chi connectivity index (χ2v) is 12.4. The van der Waals surface area contributed by atoms with Crippen LogP contribution in [-0.2, 0) is 0 Å². The van der Waals surface area contributed by atoms with E-state index in [1.807, 2.05) is 24.3 Å². The molecule has 1 aromatic carbocycles. The molecule has 0 saturated carbocycles. The zero-order chi connectivity index (χ0) is 18.2. The van der Waals surface area contributed by atoms with Gasteiger partial charge in [-0.25, -0.2) is 4.98 Å². The number of nitrogens with zero attached hydrogens (tertiary/aromatic N) is 2. The topological polar surface area (TPSA) is 60.0 Å². The number of rotatable bonds is 4. The predicted octanol–water partition coefficient (Wildman–Crippen LogP) is 5.02. The summed E-state index contributed by atoms with van der Waals surface area (Å²) < 4.78 is 12.0. The van der Waals surface area contributed by atoms with Gasteiger partial charge in [0.25, 0.3) is 8.32 Å². The lowest BCUT2D eigenvalue weighted by atomic mass is 10.1. The van der Waals surface area contributed by atoms with Crippen molar-refractivity contribution in [2.45, 2.75) is 38.9 Å². The van der Waals surface area contributed by atoms with E-state index in [4.69, 9.17) is 9.16 Å². The van der Waals surface area contributed by atoms with Crippen LogP contribution in [0.3, 0.4) is 0 Å². The number of nitrogens with one attached hydrogen (secondary N) is 1. The second-order valence-electron chi connectivity index (χ2n) is 7.70. The van der Waals surface area contributed by atoms with Gasteiger partial charge in [-0.05, 0) is 42.4 Å². The summed E-state index contributed by atoms with van der Waals surface area (Å²) in [5, 5.41) is 0.114. The third-order valence-electron chi connectivity index (χ3n) is 4.91. The molecular formula is C19H25N3O2Si. The minimum atomic E-state index is -1.96. The molecule has 0 radical (unpaired) electrons. The number of benzene rings is 1. The monoisotopic (exact) mass is 355 g/mol. The van der Waals surface area contributed by atoms with Crippen molar-refractivity contribution < 1.29 is 9.16 Å². The molecule has 2 aromatic heterocycles. The molecule has 2 heterocycles. The summed E-state index contributed by atoms with van der Waals surface area (Å²) in [6.07, 6.45) is 3.38. The largest absolute Gasteiger partial charge is 0.541 e. The average Bonchev–Trinajstić information content (AvgIpc) is 2.97. The van der Waals surface area contributed by atoms with Crippen LogP contribution in [0.4, 0.5) is 0 Å². The van der Waals surface area contributed by atoms with Gasteiger partial charge >= 0.3 is 0 Å². The summed E-state index contributed by atoms with van der Waals surface area (Å²) >= 11 is 0. The van der Waals surface area contributed by atoms with E-state index >= 15 is 0 Å². The van der Waals surface area contributed by atoms with Gasteiger partial charge in [-0.2, -0.15) is 0 Å². The molecule has 0 unspecified atom stereocenters. The molecule has 0 spiro atoms. The summed E-state index contributed by atoms with van der Waals surface area (Å²) in [6.45, 7) is 11.1. The standard InChI is InChI=1S/C19H25N3O2Si/c1-19(2,3)25(5,6)24-17-11-13(7-8-16(17)23-4)14-12-15-18(22-14)21-10-9-20-15/h7-12H,1-6H3,(H,21,22). The Bertz CT molecular complexity index is 864.